The summed E-state index contributed by atoms with van der Waals surface area (Å²) in [5.41, 5.74) is 3.98. The van der Waals surface area contributed by atoms with Gasteiger partial charge in [-0.05, 0) is 79.1 Å². The summed E-state index contributed by atoms with van der Waals surface area (Å²) in [6, 6.07) is 24.5. The van der Waals surface area contributed by atoms with E-state index in [1.54, 1.807) is 21.9 Å². The fourth-order valence-electron chi connectivity index (χ4n) is 4.93. The van der Waals surface area contributed by atoms with Crippen molar-refractivity contribution in [2.45, 2.75) is 24.9 Å². The van der Waals surface area contributed by atoms with Gasteiger partial charge in [0, 0.05) is 22.4 Å². The van der Waals surface area contributed by atoms with Crippen molar-refractivity contribution in [1.82, 2.24) is 9.47 Å². The summed E-state index contributed by atoms with van der Waals surface area (Å²) in [6.45, 7) is -0.0697. The number of carbonyl (C=O) groups excluding carboxylic acids is 2. The van der Waals surface area contributed by atoms with Gasteiger partial charge in [0.2, 0.25) is 5.91 Å². The van der Waals surface area contributed by atoms with E-state index in [0.717, 1.165) is 39.9 Å². The van der Waals surface area contributed by atoms with Gasteiger partial charge >= 0.3 is 6.03 Å². The average molecular weight is 559 g/mol. The molecule has 3 aromatic carbocycles. The number of halogens is 2. The van der Waals surface area contributed by atoms with Crippen LogP contribution in [-0.4, -0.2) is 34.0 Å². The van der Waals surface area contributed by atoms with Crippen molar-refractivity contribution < 1.29 is 14.0 Å². The largest absolute Gasteiger partial charge is 0.322 e. The molecule has 0 radical (unpaired) electrons. The molecule has 2 heterocycles. The molecule has 1 aliphatic heterocycles. The van der Waals surface area contributed by atoms with E-state index < -0.39 is 6.04 Å². The maximum atomic E-state index is 14.1. The van der Waals surface area contributed by atoms with Gasteiger partial charge in [0.05, 0.1) is 17.1 Å². The fourth-order valence-corrected chi connectivity index (χ4v) is 5.19. The zero-order chi connectivity index (χ0) is 25.5. The van der Waals surface area contributed by atoms with Crippen LogP contribution in [0.25, 0.3) is 5.69 Å². The minimum absolute atomic E-state index is 0.0209. The van der Waals surface area contributed by atoms with E-state index in [1.165, 1.54) is 12.1 Å². The van der Waals surface area contributed by atoms with E-state index in [-0.39, 0.29) is 30.3 Å². The van der Waals surface area contributed by atoms with Crippen molar-refractivity contribution in [3.05, 3.63) is 113 Å². The van der Waals surface area contributed by atoms with Gasteiger partial charge in [-0.1, -0.05) is 40.2 Å². The van der Waals surface area contributed by atoms with E-state index in [2.05, 4.69) is 25.8 Å². The minimum atomic E-state index is -0.464. The number of carbonyl (C=O) groups is 2. The lowest BCUT2D eigenvalue weighted by Crippen LogP contribution is -2.48. The van der Waals surface area contributed by atoms with E-state index >= 15 is 0 Å². The first-order valence-corrected chi connectivity index (χ1v) is 13.0. The summed E-state index contributed by atoms with van der Waals surface area (Å²) in [6.07, 6.45) is 3.69. The summed E-state index contributed by atoms with van der Waals surface area (Å²) in [7, 11) is 0. The Morgan fingerprint density at radius 3 is 2.32 bits per heavy atom. The van der Waals surface area contributed by atoms with Gasteiger partial charge in [0.15, 0.2) is 0 Å². The van der Waals surface area contributed by atoms with Gasteiger partial charge in [-0.15, -0.1) is 0 Å². The van der Waals surface area contributed by atoms with Crippen molar-refractivity contribution in [3.63, 3.8) is 0 Å². The van der Waals surface area contributed by atoms with Crippen LogP contribution in [0.3, 0.4) is 0 Å². The molecule has 2 aliphatic rings. The molecule has 6 rings (SSSR count). The molecule has 3 amide bonds. The molecule has 0 spiro atoms. The predicted octanol–water partition coefficient (Wildman–Crippen LogP) is 6.51. The monoisotopic (exact) mass is 558 g/mol. The number of nitrogens with one attached hydrogen (secondary N) is 1. The molecule has 0 bridgehead atoms. The highest BCUT2D eigenvalue weighted by atomic mass is 79.9. The number of hydrogen-bond acceptors (Lipinski definition) is 2. The minimum Gasteiger partial charge on any atom is -0.316 e. The van der Waals surface area contributed by atoms with Gasteiger partial charge in [-0.25, -0.2) is 9.18 Å². The standard InChI is InChI=1S/C29H24BrFN4O2/c30-20-9-13-22(14-10-20)32-29(37)34(23-15-16-23)18-27(36)35-25-5-2-1-4-24(25)33-17-3-6-26(33)28(35)19-7-11-21(31)12-8-19/h1-14,17,23,28H,15-16,18H2,(H,32,37). The molecule has 1 atom stereocenters. The first-order valence-electron chi connectivity index (χ1n) is 12.2. The molecule has 37 heavy (non-hydrogen) atoms. The Bertz CT molecular complexity index is 1460. The summed E-state index contributed by atoms with van der Waals surface area (Å²) in [4.78, 5) is 30.8. The van der Waals surface area contributed by atoms with Crippen molar-refractivity contribution in [2.24, 2.45) is 0 Å². The molecular formula is C29H24BrFN4O2. The van der Waals surface area contributed by atoms with Gasteiger partial charge in [-0.2, -0.15) is 0 Å². The lowest BCUT2D eigenvalue weighted by molar-refractivity contribution is -0.119. The fraction of sp³-hybridized carbons (Fsp3) is 0.172. The Hall–Kier alpha value is -3.91. The van der Waals surface area contributed by atoms with Gasteiger partial charge < -0.3 is 14.8 Å². The third-order valence-electron chi connectivity index (χ3n) is 6.82. The molecule has 1 aromatic heterocycles. The number of para-hydroxylation sites is 2. The zero-order valence-corrected chi connectivity index (χ0v) is 21.4. The van der Waals surface area contributed by atoms with Crippen LogP contribution in [0.5, 0.6) is 0 Å². The lowest BCUT2D eigenvalue weighted by atomic mass is 9.97. The first kappa shape index (κ1) is 23.5. The van der Waals surface area contributed by atoms with Crippen molar-refractivity contribution in [3.8, 4) is 5.69 Å². The number of fused-ring (bicyclic) bond motifs is 3. The quantitative estimate of drug-likeness (QED) is 0.303. The number of nitrogens with zero attached hydrogens (tertiary/aromatic N) is 3. The molecule has 1 saturated carbocycles. The van der Waals surface area contributed by atoms with Crippen LogP contribution in [0.1, 0.15) is 30.1 Å². The van der Waals surface area contributed by atoms with Crippen LogP contribution < -0.4 is 10.2 Å². The second-order valence-corrected chi connectivity index (χ2v) is 10.2. The Balaban J connectivity index is 1.35. The van der Waals surface area contributed by atoms with E-state index in [9.17, 15) is 14.0 Å². The van der Waals surface area contributed by atoms with Gasteiger partial charge in [0.1, 0.15) is 18.4 Å². The molecule has 0 saturated heterocycles. The van der Waals surface area contributed by atoms with E-state index in [4.69, 9.17) is 0 Å². The first-order chi connectivity index (χ1) is 18.0. The number of rotatable bonds is 5. The smallest absolute Gasteiger partial charge is 0.316 e. The van der Waals surface area contributed by atoms with Crippen LogP contribution in [-0.2, 0) is 4.79 Å². The van der Waals surface area contributed by atoms with Crippen molar-refractivity contribution in [1.29, 1.82) is 0 Å². The molecule has 6 nitrogen and oxygen atoms in total. The number of hydrogen-bond donors (Lipinski definition) is 1. The normalized spacial score (nSPS) is 16.1. The topological polar surface area (TPSA) is 57.6 Å². The summed E-state index contributed by atoms with van der Waals surface area (Å²) in [5.74, 6) is -0.537. The highest BCUT2D eigenvalue weighted by Gasteiger charge is 2.40. The van der Waals surface area contributed by atoms with Crippen LogP contribution in [0.4, 0.5) is 20.6 Å². The van der Waals surface area contributed by atoms with E-state index in [0.29, 0.717) is 5.69 Å². The Labute approximate surface area is 222 Å². The molecule has 1 fully saturated rings. The summed E-state index contributed by atoms with van der Waals surface area (Å²) in [5, 5.41) is 2.93. The number of aromatic nitrogens is 1. The number of urea groups is 1. The highest BCUT2D eigenvalue weighted by molar-refractivity contribution is 9.10. The lowest BCUT2D eigenvalue weighted by Gasteiger charge is -2.39. The SMILES string of the molecule is O=C(Nc1ccc(Br)cc1)N(CC(=O)N1c2ccccc2-n2cccc2C1c1ccc(F)cc1)C1CC1. The van der Waals surface area contributed by atoms with Crippen LogP contribution in [0.2, 0.25) is 0 Å². The third-order valence-corrected chi connectivity index (χ3v) is 7.35. The molecule has 1 N–H and O–H groups in total. The van der Waals surface area contributed by atoms with Crippen LogP contribution in [0.15, 0.2) is 95.6 Å². The molecule has 1 aliphatic carbocycles. The Morgan fingerprint density at radius 1 is 0.919 bits per heavy atom. The Morgan fingerprint density at radius 2 is 1.62 bits per heavy atom. The van der Waals surface area contributed by atoms with E-state index in [1.807, 2.05) is 66.9 Å². The third kappa shape index (κ3) is 4.53. The predicted molar refractivity (Wildman–Crippen MR) is 144 cm³/mol. The van der Waals surface area contributed by atoms with Crippen LogP contribution >= 0.6 is 15.9 Å². The van der Waals surface area contributed by atoms with Crippen molar-refractivity contribution in [2.75, 3.05) is 16.8 Å². The number of benzene rings is 3. The molecule has 186 valence electrons. The maximum absolute atomic E-state index is 14.1. The van der Waals surface area contributed by atoms with Crippen LogP contribution in [0, 0.1) is 5.82 Å². The Kier molecular flexibility index (Phi) is 6.04. The van der Waals surface area contributed by atoms with Gasteiger partial charge in [0.25, 0.3) is 0 Å². The highest BCUT2D eigenvalue weighted by Crippen LogP contribution is 2.42. The summed E-state index contributed by atoms with van der Waals surface area (Å²) >= 11 is 3.41. The van der Waals surface area contributed by atoms with Crippen molar-refractivity contribution >= 4 is 39.2 Å². The number of amides is 3. The zero-order valence-electron chi connectivity index (χ0n) is 19.9. The van der Waals surface area contributed by atoms with Gasteiger partial charge in [-0.3, -0.25) is 9.69 Å². The molecule has 1 unspecified atom stereocenters. The number of anilines is 2. The second kappa shape index (κ2) is 9.52. The molecule has 4 aromatic rings. The average Bonchev–Trinajstić information content (AvgIpc) is 3.63. The molecule has 8 heteroatoms. The summed E-state index contributed by atoms with van der Waals surface area (Å²) < 4.78 is 16.8. The maximum Gasteiger partial charge on any atom is 0.322 e. The molecular weight excluding hydrogens is 535 g/mol. The second-order valence-electron chi connectivity index (χ2n) is 9.31.